The Bertz CT molecular complexity index is 84.9. The van der Waals surface area contributed by atoms with Crippen LogP contribution in [0.2, 0.25) is 0 Å². The van der Waals surface area contributed by atoms with E-state index in [2.05, 4.69) is 45.4 Å². The molecule has 0 fully saturated rings. The molecule has 0 rings (SSSR count). The molecule has 2 heteroatoms. The molecule has 0 saturated carbocycles. The zero-order chi connectivity index (χ0) is 7.33. The van der Waals surface area contributed by atoms with Crippen LogP contribution in [0.5, 0.6) is 0 Å². The fourth-order valence-corrected chi connectivity index (χ4v) is 1.88. The Morgan fingerprint density at radius 3 is 2.00 bits per heavy atom. The Kier molecular flexibility index (Phi) is 4.86. The molecule has 0 aliphatic carbocycles. The van der Waals surface area contributed by atoms with E-state index in [0.29, 0.717) is 5.41 Å². The topological polar surface area (TPSA) is 0 Å². The fraction of sp³-hybridized carbons (Fsp3) is 0.714. The molecule has 0 saturated heterocycles. The van der Waals surface area contributed by atoms with Gasteiger partial charge in [0.1, 0.15) is 0 Å². The third-order valence-electron chi connectivity index (χ3n) is 1.28. The summed E-state index contributed by atoms with van der Waals surface area (Å²) in [6.45, 7) is 5.92. The van der Waals surface area contributed by atoms with Crippen molar-refractivity contribution >= 4 is 31.9 Å². The van der Waals surface area contributed by atoms with Crippen molar-refractivity contribution in [3.05, 3.63) is 12.7 Å². The highest BCUT2D eigenvalue weighted by Gasteiger charge is 2.18. The van der Waals surface area contributed by atoms with Gasteiger partial charge in [0, 0.05) is 10.7 Å². The second-order valence-corrected chi connectivity index (χ2v) is 3.69. The van der Waals surface area contributed by atoms with Gasteiger partial charge in [0.2, 0.25) is 0 Å². The average molecular weight is 256 g/mol. The predicted molar refractivity (Wildman–Crippen MR) is 50.5 cm³/mol. The second kappa shape index (κ2) is 4.51. The molecule has 0 aliphatic heterocycles. The van der Waals surface area contributed by atoms with Crippen LogP contribution in [0.15, 0.2) is 12.7 Å². The number of allylic oxidation sites excluding steroid dienone is 1. The van der Waals surface area contributed by atoms with Crippen molar-refractivity contribution in [2.45, 2.75) is 13.3 Å². The zero-order valence-corrected chi connectivity index (χ0v) is 8.83. The van der Waals surface area contributed by atoms with Gasteiger partial charge in [-0.25, -0.2) is 0 Å². The Morgan fingerprint density at radius 2 is 1.89 bits per heavy atom. The molecule has 0 nitrogen and oxygen atoms in total. The average Bonchev–Trinajstić information content (AvgIpc) is 1.89. The molecule has 0 unspecified atom stereocenters. The van der Waals surface area contributed by atoms with Crippen molar-refractivity contribution in [3.8, 4) is 0 Å². The molecule has 0 N–H and O–H groups in total. The van der Waals surface area contributed by atoms with E-state index in [-0.39, 0.29) is 0 Å². The largest absolute Gasteiger partial charge is 0.103 e. The van der Waals surface area contributed by atoms with Gasteiger partial charge in [-0.1, -0.05) is 44.9 Å². The molecule has 0 aromatic rings. The number of alkyl halides is 2. The Labute approximate surface area is 74.0 Å². The molecular weight excluding hydrogens is 244 g/mol. The minimum atomic E-state index is 0.349. The SMILES string of the molecule is C=CCC(C)(CBr)CBr. The van der Waals surface area contributed by atoms with E-state index in [1.54, 1.807) is 0 Å². The molecule has 0 aromatic heterocycles. The normalized spacial score (nSPS) is 11.4. The van der Waals surface area contributed by atoms with Gasteiger partial charge in [0.15, 0.2) is 0 Å². The summed E-state index contributed by atoms with van der Waals surface area (Å²) < 4.78 is 0. The maximum absolute atomic E-state index is 3.70. The van der Waals surface area contributed by atoms with Crippen LogP contribution < -0.4 is 0 Å². The van der Waals surface area contributed by atoms with E-state index in [1.165, 1.54) is 0 Å². The van der Waals surface area contributed by atoms with Crippen molar-refractivity contribution in [2.75, 3.05) is 10.7 Å². The molecule has 0 heterocycles. The van der Waals surface area contributed by atoms with Crippen molar-refractivity contribution in [3.63, 3.8) is 0 Å². The first kappa shape index (κ1) is 9.70. The summed E-state index contributed by atoms with van der Waals surface area (Å²) in [5.41, 5.74) is 0.349. The highest BCUT2D eigenvalue weighted by molar-refractivity contribution is 9.09. The minimum Gasteiger partial charge on any atom is -0.103 e. The summed E-state index contributed by atoms with van der Waals surface area (Å²) in [4.78, 5) is 0. The Morgan fingerprint density at radius 1 is 1.44 bits per heavy atom. The standard InChI is InChI=1S/C7H12Br2/c1-3-4-7(2,5-8)6-9/h3H,1,4-6H2,2H3. The molecular formula is C7H12Br2. The Balaban J connectivity index is 3.75. The molecule has 0 aromatic carbocycles. The molecule has 0 spiro atoms. The van der Waals surface area contributed by atoms with Crippen LogP contribution in [-0.2, 0) is 0 Å². The van der Waals surface area contributed by atoms with E-state index in [9.17, 15) is 0 Å². The summed E-state index contributed by atoms with van der Waals surface area (Å²) in [7, 11) is 0. The van der Waals surface area contributed by atoms with E-state index in [1.807, 2.05) is 6.08 Å². The summed E-state index contributed by atoms with van der Waals surface area (Å²) >= 11 is 6.91. The van der Waals surface area contributed by atoms with Gasteiger partial charge in [0.25, 0.3) is 0 Å². The maximum atomic E-state index is 3.70. The van der Waals surface area contributed by atoms with Gasteiger partial charge in [-0.15, -0.1) is 6.58 Å². The van der Waals surface area contributed by atoms with Crippen LogP contribution in [0.3, 0.4) is 0 Å². The first-order chi connectivity index (χ1) is 4.18. The first-order valence-corrected chi connectivity index (χ1v) is 5.15. The first-order valence-electron chi connectivity index (χ1n) is 2.91. The minimum absolute atomic E-state index is 0.349. The highest BCUT2D eigenvalue weighted by Crippen LogP contribution is 2.26. The van der Waals surface area contributed by atoms with Gasteiger partial charge >= 0.3 is 0 Å². The summed E-state index contributed by atoms with van der Waals surface area (Å²) in [5, 5.41) is 2.05. The van der Waals surface area contributed by atoms with Crippen LogP contribution in [0.25, 0.3) is 0 Å². The number of rotatable bonds is 4. The molecule has 0 radical (unpaired) electrons. The van der Waals surface area contributed by atoms with Gasteiger partial charge in [-0.05, 0) is 11.8 Å². The van der Waals surface area contributed by atoms with E-state index < -0.39 is 0 Å². The number of halogens is 2. The predicted octanol–water partition coefficient (Wildman–Crippen LogP) is 3.36. The van der Waals surface area contributed by atoms with E-state index in [4.69, 9.17) is 0 Å². The third-order valence-corrected chi connectivity index (χ3v) is 3.99. The molecule has 0 aliphatic rings. The fourth-order valence-electron chi connectivity index (χ4n) is 0.493. The van der Waals surface area contributed by atoms with E-state index in [0.717, 1.165) is 17.1 Å². The van der Waals surface area contributed by atoms with Crippen molar-refractivity contribution in [1.29, 1.82) is 0 Å². The van der Waals surface area contributed by atoms with Crippen LogP contribution in [0.4, 0.5) is 0 Å². The van der Waals surface area contributed by atoms with Gasteiger partial charge in [0.05, 0.1) is 0 Å². The van der Waals surface area contributed by atoms with Gasteiger partial charge < -0.3 is 0 Å². The number of hydrogen-bond donors (Lipinski definition) is 0. The lowest BCUT2D eigenvalue weighted by Crippen LogP contribution is -2.18. The molecule has 54 valence electrons. The van der Waals surface area contributed by atoms with Crippen LogP contribution in [-0.4, -0.2) is 10.7 Å². The Hall–Kier alpha value is 0.700. The third kappa shape index (κ3) is 3.41. The smallest absolute Gasteiger partial charge is 0.00962 e. The van der Waals surface area contributed by atoms with Crippen LogP contribution >= 0.6 is 31.9 Å². The van der Waals surface area contributed by atoms with Crippen LogP contribution in [0.1, 0.15) is 13.3 Å². The van der Waals surface area contributed by atoms with Crippen molar-refractivity contribution in [1.82, 2.24) is 0 Å². The summed E-state index contributed by atoms with van der Waals surface area (Å²) in [6.07, 6.45) is 3.02. The maximum Gasteiger partial charge on any atom is 0.00962 e. The van der Waals surface area contributed by atoms with E-state index >= 15 is 0 Å². The van der Waals surface area contributed by atoms with Gasteiger partial charge in [-0.2, -0.15) is 0 Å². The molecule has 0 amide bonds. The summed E-state index contributed by atoms with van der Waals surface area (Å²) in [6, 6.07) is 0. The number of hydrogen-bond acceptors (Lipinski definition) is 0. The quantitative estimate of drug-likeness (QED) is 0.534. The van der Waals surface area contributed by atoms with Crippen molar-refractivity contribution in [2.24, 2.45) is 5.41 Å². The second-order valence-electron chi connectivity index (χ2n) is 2.57. The van der Waals surface area contributed by atoms with Gasteiger partial charge in [-0.3, -0.25) is 0 Å². The lowest BCUT2D eigenvalue weighted by molar-refractivity contribution is 0.449. The molecule has 0 atom stereocenters. The zero-order valence-electron chi connectivity index (χ0n) is 5.66. The highest BCUT2D eigenvalue weighted by atomic mass is 79.9. The molecule has 9 heavy (non-hydrogen) atoms. The summed E-state index contributed by atoms with van der Waals surface area (Å²) in [5.74, 6) is 0. The molecule has 0 bridgehead atoms. The lowest BCUT2D eigenvalue weighted by atomic mass is 9.92. The lowest BCUT2D eigenvalue weighted by Gasteiger charge is -2.21. The monoisotopic (exact) mass is 254 g/mol. The van der Waals surface area contributed by atoms with Crippen molar-refractivity contribution < 1.29 is 0 Å². The van der Waals surface area contributed by atoms with Crippen LogP contribution in [0, 0.1) is 5.41 Å².